The van der Waals surface area contributed by atoms with Crippen molar-refractivity contribution >= 4 is 0 Å². The van der Waals surface area contributed by atoms with Crippen LogP contribution in [-0.2, 0) is 17.9 Å². The number of nitrogens with zero attached hydrogens (tertiary/aromatic N) is 1. The van der Waals surface area contributed by atoms with E-state index >= 15 is 0 Å². The zero-order chi connectivity index (χ0) is 10.4. The molecule has 2 N–H and O–H groups in total. The quantitative estimate of drug-likeness (QED) is 0.698. The van der Waals surface area contributed by atoms with Crippen LogP contribution >= 0.6 is 0 Å². The van der Waals surface area contributed by atoms with Gasteiger partial charge in [0.2, 0.25) is 0 Å². The summed E-state index contributed by atoms with van der Waals surface area (Å²) in [4.78, 5) is 18.0. The first-order valence-corrected chi connectivity index (χ1v) is 4.55. The highest BCUT2D eigenvalue weighted by Gasteiger charge is 1.99. The molecule has 0 aliphatic carbocycles. The normalized spacial score (nSPS) is 10.4. The molecule has 0 aliphatic heterocycles. The molecule has 5 nitrogen and oxygen atoms in total. The van der Waals surface area contributed by atoms with Crippen LogP contribution in [0.4, 0.5) is 0 Å². The fourth-order valence-corrected chi connectivity index (χ4v) is 1.11. The number of hydrogen-bond donors (Lipinski definition) is 2. The van der Waals surface area contributed by atoms with Crippen LogP contribution in [0.1, 0.15) is 18.4 Å². The predicted octanol–water partition coefficient (Wildman–Crippen LogP) is 0.0258. The monoisotopic (exact) mass is 197 g/mol. The lowest BCUT2D eigenvalue weighted by atomic mass is 10.4. The average Bonchev–Trinajstić information content (AvgIpc) is 2.14. The Morgan fingerprint density at radius 2 is 2.43 bits per heavy atom. The van der Waals surface area contributed by atoms with Gasteiger partial charge in [0.25, 0.3) is 5.56 Å². The topological polar surface area (TPSA) is 67.0 Å². The second-order valence-corrected chi connectivity index (χ2v) is 2.90. The number of aromatic nitrogens is 2. The van der Waals surface area contributed by atoms with Gasteiger partial charge in [-0.05, 0) is 6.54 Å². The van der Waals surface area contributed by atoms with Gasteiger partial charge in [-0.3, -0.25) is 4.79 Å². The molecule has 0 bridgehead atoms. The van der Waals surface area contributed by atoms with Gasteiger partial charge in [0.05, 0.1) is 5.69 Å². The minimum atomic E-state index is -0.139. The Hall–Kier alpha value is -1.20. The van der Waals surface area contributed by atoms with Gasteiger partial charge in [-0.1, -0.05) is 6.92 Å². The Labute approximate surface area is 82.5 Å². The first-order valence-electron chi connectivity index (χ1n) is 4.55. The molecule has 0 aliphatic rings. The molecule has 14 heavy (non-hydrogen) atoms. The molecule has 1 heterocycles. The van der Waals surface area contributed by atoms with Gasteiger partial charge < -0.3 is 15.0 Å². The second-order valence-electron chi connectivity index (χ2n) is 2.90. The van der Waals surface area contributed by atoms with Crippen LogP contribution in [0, 0.1) is 0 Å². The van der Waals surface area contributed by atoms with Gasteiger partial charge in [0.15, 0.2) is 0 Å². The highest BCUT2D eigenvalue weighted by Crippen LogP contribution is 1.93. The molecule has 0 saturated heterocycles. The van der Waals surface area contributed by atoms with Crippen molar-refractivity contribution < 1.29 is 4.74 Å². The van der Waals surface area contributed by atoms with Crippen LogP contribution in [0.5, 0.6) is 0 Å². The third kappa shape index (κ3) is 3.27. The Morgan fingerprint density at radius 3 is 3.07 bits per heavy atom. The molecule has 0 unspecified atom stereocenters. The standard InChI is InChI=1S/C9H15N3O2/c1-3-10-5-7-4-9(13)12-8(11-7)6-14-2/h4,10H,3,5-6H2,1-2H3,(H,11,12,13). The summed E-state index contributed by atoms with van der Waals surface area (Å²) in [5.41, 5.74) is 0.600. The lowest BCUT2D eigenvalue weighted by Gasteiger charge is -2.03. The second kappa shape index (κ2) is 5.51. The highest BCUT2D eigenvalue weighted by molar-refractivity contribution is 5.02. The summed E-state index contributed by atoms with van der Waals surface area (Å²) in [5, 5.41) is 3.10. The van der Waals surface area contributed by atoms with Crippen molar-refractivity contribution in [3.05, 3.63) is 27.9 Å². The maximum atomic E-state index is 11.2. The molecule has 0 radical (unpaired) electrons. The number of hydrogen-bond acceptors (Lipinski definition) is 4. The molecule has 0 fully saturated rings. The van der Waals surface area contributed by atoms with Gasteiger partial charge in [0.1, 0.15) is 12.4 Å². The van der Waals surface area contributed by atoms with Gasteiger partial charge in [-0.15, -0.1) is 0 Å². The largest absolute Gasteiger partial charge is 0.377 e. The summed E-state index contributed by atoms with van der Waals surface area (Å²) in [6.07, 6.45) is 0. The van der Waals surface area contributed by atoms with E-state index in [2.05, 4.69) is 15.3 Å². The summed E-state index contributed by atoms with van der Waals surface area (Å²) in [5.74, 6) is 0.563. The summed E-state index contributed by atoms with van der Waals surface area (Å²) < 4.78 is 4.89. The van der Waals surface area contributed by atoms with E-state index in [1.807, 2.05) is 6.92 Å². The van der Waals surface area contributed by atoms with Crippen molar-refractivity contribution in [1.82, 2.24) is 15.3 Å². The van der Waals surface area contributed by atoms with Gasteiger partial charge in [-0.25, -0.2) is 4.98 Å². The Bertz CT molecular complexity index is 335. The minimum Gasteiger partial charge on any atom is -0.377 e. The van der Waals surface area contributed by atoms with Gasteiger partial charge in [0, 0.05) is 19.7 Å². The Balaban J connectivity index is 2.78. The maximum Gasteiger partial charge on any atom is 0.251 e. The smallest absolute Gasteiger partial charge is 0.251 e. The molecule has 1 rings (SSSR count). The first-order chi connectivity index (χ1) is 6.76. The number of methoxy groups -OCH3 is 1. The molecule has 0 aromatic carbocycles. The van der Waals surface area contributed by atoms with Crippen molar-refractivity contribution in [2.75, 3.05) is 13.7 Å². The SMILES string of the molecule is CCNCc1cc(=O)[nH]c(COC)n1. The summed E-state index contributed by atoms with van der Waals surface area (Å²) in [6.45, 7) is 3.80. The molecular formula is C9H15N3O2. The fourth-order valence-electron chi connectivity index (χ4n) is 1.11. The lowest BCUT2D eigenvalue weighted by Crippen LogP contribution is -2.18. The van der Waals surface area contributed by atoms with E-state index < -0.39 is 0 Å². The summed E-state index contributed by atoms with van der Waals surface area (Å²) >= 11 is 0. The number of rotatable bonds is 5. The third-order valence-electron chi connectivity index (χ3n) is 1.68. The highest BCUT2D eigenvalue weighted by atomic mass is 16.5. The minimum absolute atomic E-state index is 0.139. The molecule has 0 amide bonds. The number of ether oxygens (including phenoxy) is 1. The van der Waals surface area contributed by atoms with Crippen LogP contribution in [0.2, 0.25) is 0 Å². The van der Waals surface area contributed by atoms with Crippen molar-refractivity contribution in [2.45, 2.75) is 20.1 Å². The molecule has 78 valence electrons. The van der Waals surface area contributed by atoms with Crippen molar-refractivity contribution in [1.29, 1.82) is 0 Å². The summed E-state index contributed by atoms with van der Waals surface area (Å²) in [6, 6.07) is 1.49. The van der Waals surface area contributed by atoms with E-state index in [4.69, 9.17) is 4.74 Å². The molecular weight excluding hydrogens is 182 g/mol. The zero-order valence-electron chi connectivity index (χ0n) is 8.46. The first kappa shape index (κ1) is 10.9. The average molecular weight is 197 g/mol. The van der Waals surface area contributed by atoms with Crippen molar-refractivity contribution in [3.8, 4) is 0 Å². The van der Waals surface area contributed by atoms with Gasteiger partial charge in [-0.2, -0.15) is 0 Å². The number of aromatic amines is 1. The molecule has 0 atom stereocenters. The molecule has 0 saturated carbocycles. The number of H-pyrrole nitrogens is 1. The molecule has 0 spiro atoms. The van der Waals surface area contributed by atoms with E-state index in [1.165, 1.54) is 6.07 Å². The van der Waals surface area contributed by atoms with E-state index in [9.17, 15) is 4.79 Å². The van der Waals surface area contributed by atoms with Crippen LogP contribution < -0.4 is 10.9 Å². The molecule has 1 aromatic heterocycles. The van der Waals surface area contributed by atoms with Crippen LogP contribution in [0.25, 0.3) is 0 Å². The van der Waals surface area contributed by atoms with Crippen LogP contribution in [-0.4, -0.2) is 23.6 Å². The van der Waals surface area contributed by atoms with Gasteiger partial charge >= 0.3 is 0 Å². The third-order valence-corrected chi connectivity index (χ3v) is 1.68. The Kier molecular flexibility index (Phi) is 4.28. The lowest BCUT2D eigenvalue weighted by molar-refractivity contribution is 0.177. The van der Waals surface area contributed by atoms with E-state index in [0.717, 1.165) is 12.2 Å². The van der Waals surface area contributed by atoms with E-state index in [1.54, 1.807) is 7.11 Å². The van der Waals surface area contributed by atoms with E-state index in [0.29, 0.717) is 19.0 Å². The van der Waals surface area contributed by atoms with Crippen molar-refractivity contribution in [2.24, 2.45) is 0 Å². The maximum absolute atomic E-state index is 11.2. The van der Waals surface area contributed by atoms with Crippen LogP contribution in [0.15, 0.2) is 10.9 Å². The number of nitrogens with one attached hydrogen (secondary N) is 2. The van der Waals surface area contributed by atoms with E-state index in [-0.39, 0.29) is 5.56 Å². The molecule has 1 aromatic rings. The van der Waals surface area contributed by atoms with Crippen LogP contribution in [0.3, 0.4) is 0 Å². The predicted molar refractivity (Wildman–Crippen MR) is 53.0 cm³/mol. The zero-order valence-corrected chi connectivity index (χ0v) is 8.46. The summed E-state index contributed by atoms with van der Waals surface area (Å²) in [7, 11) is 1.57. The molecule has 5 heteroatoms. The van der Waals surface area contributed by atoms with Crippen molar-refractivity contribution in [3.63, 3.8) is 0 Å². The fraction of sp³-hybridized carbons (Fsp3) is 0.556. The Morgan fingerprint density at radius 1 is 1.64 bits per heavy atom.